The van der Waals surface area contributed by atoms with E-state index in [0.29, 0.717) is 18.1 Å². The Bertz CT molecular complexity index is 665. The lowest BCUT2D eigenvalue weighted by Crippen LogP contribution is -2.43. The van der Waals surface area contributed by atoms with E-state index in [1.165, 1.54) is 6.26 Å². The molecule has 1 saturated carbocycles. The Morgan fingerprint density at radius 3 is 2.67 bits per heavy atom. The Balaban J connectivity index is 1.56. The minimum Gasteiger partial charge on any atom is -0.494 e. The second-order valence-electron chi connectivity index (χ2n) is 5.94. The van der Waals surface area contributed by atoms with Crippen LogP contribution in [0.15, 0.2) is 47.1 Å². The number of aliphatic hydroxyl groups is 1. The molecule has 0 unspecified atom stereocenters. The second-order valence-corrected chi connectivity index (χ2v) is 5.94. The van der Waals surface area contributed by atoms with Crippen molar-refractivity contribution in [3.8, 4) is 5.75 Å². The largest absolute Gasteiger partial charge is 0.494 e. The Kier molecular flexibility index (Phi) is 4.76. The highest BCUT2D eigenvalue weighted by molar-refractivity contribution is 5.89. The summed E-state index contributed by atoms with van der Waals surface area (Å²) in [6.07, 6.45) is 3.39. The summed E-state index contributed by atoms with van der Waals surface area (Å²) >= 11 is 0. The molecule has 1 atom stereocenters. The number of benzene rings is 1. The molecular formula is C18H22N2O4. The van der Waals surface area contributed by atoms with E-state index in [-0.39, 0.29) is 18.5 Å². The van der Waals surface area contributed by atoms with E-state index in [1.807, 2.05) is 6.92 Å². The average molecular weight is 330 g/mol. The highest BCUT2D eigenvalue weighted by Crippen LogP contribution is 2.45. The van der Waals surface area contributed by atoms with E-state index in [1.54, 1.807) is 36.4 Å². The molecule has 0 saturated heterocycles. The minimum atomic E-state index is -1.15. The molecule has 1 aliphatic rings. The number of hydrogen-bond donors (Lipinski definition) is 3. The molecule has 24 heavy (non-hydrogen) atoms. The van der Waals surface area contributed by atoms with Crippen molar-refractivity contribution in [1.29, 1.82) is 0 Å². The molecule has 2 amide bonds. The molecule has 6 nitrogen and oxygen atoms in total. The molecule has 3 rings (SSSR count). The van der Waals surface area contributed by atoms with Crippen LogP contribution >= 0.6 is 0 Å². The quantitative estimate of drug-likeness (QED) is 0.728. The third-order valence-corrected chi connectivity index (χ3v) is 4.14. The van der Waals surface area contributed by atoms with Gasteiger partial charge < -0.3 is 24.9 Å². The summed E-state index contributed by atoms with van der Waals surface area (Å²) in [6, 6.07) is 10.2. The topological polar surface area (TPSA) is 83.7 Å². The zero-order valence-electron chi connectivity index (χ0n) is 13.6. The Morgan fingerprint density at radius 1 is 1.33 bits per heavy atom. The van der Waals surface area contributed by atoms with Crippen molar-refractivity contribution in [2.45, 2.75) is 25.4 Å². The summed E-state index contributed by atoms with van der Waals surface area (Å²) in [5.41, 5.74) is -0.497. The van der Waals surface area contributed by atoms with Crippen LogP contribution in [0.25, 0.3) is 0 Å². The van der Waals surface area contributed by atoms with Crippen LogP contribution in [0.5, 0.6) is 5.75 Å². The van der Waals surface area contributed by atoms with Gasteiger partial charge in [0.1, 0.15) is 17.1 Å². The van der Waals surface area contributed by atoms with Gasteiger partial charge in [-0.1, -0.05) is 0 Å². The first-order chi connectivity index (χ1) is 11.6. The van der Waals surface area contributed by atoms with E-state index in [0.717, 1.165) is 18.6 Å². The minimum absolute atomic E-state index is 0.105. The molecule has 0 spiro atoms. The molecule has 0 aliphatic heterocycles. The van der Waals surface area contributed by atoms with Gasteiger partial charge in [-0.15, -0.1) is 0 Å². The Morgan fingerprint density at radius 2 is 2.08 bits per heavy atom. The highest BCUT2D eigenvalue weighted by atomic mass is 16.5. The molecule has 3 N–H and O–H groups in total. The van der Waals surface area contributed by atoms with Gasteiger partial charge in [0.05, 0.1) is 19.4 Å². The maximum atomic E-state index is 12.1. The van der Waals surface area contributed by atoms with Crippen LogP contribution in [0.1, 0.15) is 25.5 Å². The van der Waals surface area contributed by atoms with Crippen LogP contribution in [0, 0.1) is 5.92 Å². The Labute approximate surface area is 140 Å². The van der Waals surface area contributed by atoms with Crippen LogP contribution in [0.2, 0.25) is 0 Å². The van der Waals surface area contributed by atoms with Crippen molar-refractivity contribution in [2.24, 2.45) is 5.92 Å². The zero-order chi connectivity index (χ0) is 17.0. The van der Waals surface area contributed by atoms with Crippen molar-refractivity contribution in [1.82, 2.24) is 5.32 Å². The molecule has 1 aliphatic carbocycles. The monoisotopic (exact) mass is 330 g/mol. The predicted molar refractivity (Wildman–Crippen MR) is 90.0 cm³/mol. The number of rotatable bonds is 7. The molecule has 0 radical (unpaired) electrons. The summed E-state index contributed by atoms with van der Waals surface area (Å²) in [5.74, 6) is 1.37. The third-order valence-electron chi connectivity index (χ3n) is 4.14. The van der Waals surface area contributed by atoms with Gasteiger partial charge in [-0.25, -0.2) is 4.79 Å². The molecule has 6 heteroatoms. The van der Waals surface area contributed by atoms with E-state index in [4.69, 9.17) is 9.15 Å². The van der Waals surface area contributed by atoms with Crippen LogP contribution in [0.3, 0.4) is 0 Å². The molecule has 128 valence electrons. The standard InChI is InChI=1S/C18H22N2O4/c1-2-23-15-9-7-14(8-10-15)20-17(21)19-12-18(22,13-5-6-13)16-4-3-11-24-16/h3-4,7-11,13,22H,2,5-6,12H2,1H3,(H2,19,20,21)/t18-/m1/s1. The maximum absolute atomic E-state index is 12.1. The number of amides is 2. The summed E-state index contributed by atoms with van der Waals surface area (Å²) in [4.78, 5) is 12.1. The van der Waals surface area contributed by atoms with E-state index >= 15 is 0 Å². The van der Waals surface area contributed by atoms with Crippen molar-refractivity contribution >= 4 is 11.7 Å². The number of ether oxygens (including phenoxy) is 1. The van der Waals surface area contributed by atoms with Crippen LogP contribution in [-0.4, -0.2) is 24.3 Å². The molecule has 1 aromatic heterocycles. The normalized spacial score (nSPS) is 16.2. The fourth-order valence-electron chi connectivity index (χ4n) is 2.71. The fourth-order valence-corrected chi connectivity index (χ4v) is 2.71. The summed E-state index contributed by atoms with van der Waals surface area (Å²) in [6.45, 7) is 2.62. The van der Waals surface area contributed by atoms with Gasteiger partial charge in [-0.2, -0.15) is 0 Å². The van der Waals surface area contributed by atoms with Crippen LogP contribution in [-0.2, 0) is 5.60 Å². The van der Waals surface area contributed by atoms with Gasteiger partial charge in [0.25, 0.3) is 0 Å². The molecule has 1 heterocycles. The molecule has 0 bridgehead atoms. The van der Waals surface area contributed by atoms with Gasteiger partial charge in [-0.05, 0) is 62.1 Å². The first-order valence-corrected chi connectivity index (χ1v) is 8.16. The lowest BCUT2D eigenvalue weighted by atomic mass is 9.94. The number of hydrogen-bond acceptors (Lipinski definition) is 4. The van der Waals surface area contributed by atoms with E-state index < -0.39 is 5.60 Å². The highest BCUT2D eigenvalue weighted by Gasteiger charge is 2.47. The van der Waals surface area contributed by atoms with Gasteiger partial charge in [-0.3, -0.25) is 0 Å². The van der Waals surface area contributed by atoms with Gasteiger partial charge in [0, 0.05) is 5.69 Å². The maximum Gasteiger partial charge on any atom is 0.319 e. The predicted octanol–water partition coefficient (Wildman–Crippen LogP) is 3.10. The molecule has 1 fully saturated rings. The smallest absolute Gasteiger partial charge is 0.319 e. The van der Waals surface area contributed by atoms with Gasteiger partial charge in [0.2, 0.25) is 0 Å². The third kappa shape index (κ3) is 3.71. The molecular weight excluding hydrogens is 308 g/mol. The van der Waals surface area contributed by atoms with E-state index in [9.17, 15) is 9.90 Å². The molecule has 1 aromatic carbocycles. The lowest BCUT2D eigenvalue weighted by molar-refractivity contribution is -0.00414. The second kappa shape index (κ2) is 6.97. The summed E-state index contributed by atoms with van der Waals surface area (Å²) in [7, 11) is 0. The number of urea groups is 1. The van der Waals surface area contributed by atoms with Crippen LogP contribution in [0.4, 0.5) is 10.5 Å². The summed E-state index contributed by atoms with van der Waals surface area (Å²) in [5, 5.41) is 16.3. The number of carbonyl (C=O) groups excluding carboxylic acids is 1. The lowest BCUT2D eigenvalue weighted by Gasteiger charge is -2.26. The number of nitrogens with one attached hydrogen (secondary N) is 2. The zero-order valence-corrected chi connectivity index (χ0v) is 13.6. The van der Waals surface area contributed by atoms with Gasteiger partial charge >= 0.3 is 6.03 Å². The summed E-state index contributed by atoms with van der Waals surface area (Å²) < 4.78 is 10.7. The molecule has 2 aromatic rings. The fraction of sp³-hybridized carbons (Fsp3) is 0.389. The Hall–Kier alpha value is -2.47. The van der Waals surface area contributed by atoms with Crippen LogP contribution < -0.4 is 15.4 Å². The first-order valence-electron chi connectivity index (χ1n) is 8.16. The van der Waals surface area contributed by atoms with Gasteiger partial charge in [0.15, 0.2) is 0 Å². The van der Waals surface area contributed by atoms with Crippen molar-refractivity contribution in [2.75, 3.05) is 18.5 Å². The first kappa shape index (κ1) is 16.4. The van der Waals surface area contributed by atoms with Crippen molar-refractivity contribution in [3.63, 3.8) is 0 Å². The SMILES string of the molecule is CCOc1ccc(NC(=O)NC[C@](O)(c2ccco2)C2CC2)cc1. The number of anilines is 1. The number of carbonyl (C=O) groups is 1. The van der Waals surface area contributed by atoms with E-state index in [2.05, 4.69) is 10.6 Å². The van der Waals surface area contributed by atoms with Crippen molar-refractivity contribution in [3.05, 3.63) is 48.4 Å². The number of furan rings is 1. The van der Waals surface area contributed by atoms with Crippen molar-refractivity contribution < 1.29 is 19.1 Å². The average Bonchev–Trinajstić information content (AvgIpc) is 3.30.